The molecule has 0 bridgehead atoms. The maximum atomic E-state index is 11.8. The minimum absolute atomic E-state index is 0.0941. The lowest BCUT2D eigenvalue weighted by Crippen LogP contribution is -2.27. The second kappa shape index (κ2) is 7.36. The van der Waals surface area contributed by atoms with Gasteiger partial charge in [-0.15, -0.1) is 0 Å². The summed E-state index contributed by atoms with van der Waals surface area (Å²) in [6.07, 6.45) is -0.543. The van der Waals surface area contributed by atoms with Crippen LogP contribution in [0.1, 0.15) is 24.1 Å². The van der Waals surface area contributed by atoms with Gasteiger partial charge in [0.1, 0.15) is 18.1 Å². The van der Waals surface area contributed by atoms with Crippen LogP contribution in [-0.2, 0) is 11.3 Å². The van der Waals surface area contributed by atoms with Crippen LogP contribution in [0.15, 0.2) is 48.5 Å². The first-order valence-electron chi connectivity index (χ1n) is 6.94. The van der Waals surface area contributed by atoms with Gasteiger partial charge in [0.2, 0.25) is 0 Å². The average molecular weight is 301 g/mol. The Morgan fingerprint density at radius 2 is 1.95 bits per heavy atom. The van der Waals surface area contributed by atoms with Crippen LogP contribution >= 0.6 is 0 Å². The van der Waals surface area contributed by atoms with Gasteiger partial charge in [0.15, 0.2) is 0 Å². The fourth-order valence-corrected chi connectivity index (χ4v) is 2.03. The maximum Gasteiger partial charge on any atom is 0.407 e. The van der Waals surface area contributed by atoms with E-state index in [1.54, 1.807) is 26.2 Å². The normalized spacial score (nSPS) is 11.5. The number of phenols is 1. The van der Waals surface area contributed by atoms with Crippen molar-refractivity contribution in [3.63, 3.8) is 0 Å². The molecular weight excluding hydrogens is 282 g/mol. The third-order valence-corrected chi connectivity index (χ3v) is 3.25. The second-order valence-corrected chi connectivity index (χ2v) is 4.85. The molecule has 0 saturated heterocycles. The summed E-state index contributed by atoms with van der Waals surface area (Å²) >= 11 is 0. The third kappa shape index (κ3) is 4.15. The summed E-state index contributed by atoms with van der Waals surface area (Å²) in [5, 5.41) is 12.6. The standard InChI is InChI=1S/C17H19NO4/c1-12(15-10-14(21-2)8-9-16(15)19)18-17(20)22-11-13-6-4-3-5-7-13/h3-10,12,19H,11H2,1-2H3,(H,18,20). The van der Waals surface area contributed by atoms with Crippen LogP contribution in [0.25, 0.3) is 0 Å². The summed E-state index contributed by atoms with van der Waals surface area (Å²) in [4.78, 5) is 11.8. The van der Waals surface area contributed by atoms with Crippen LogP contribution in [0.2, 0.25) is 0 Å². The minimum Gasteiger partial charge on any atom is -0.508 e. The predicted octanol–water partition coefficient (Wildman–Crippen LogP) is 3.39. The van der Waals surface area contributed by atoms with Gasteiger partial charge in [0, 0.05) is 5.56 Å². The number of benzene rings is 2. The highest BCUT2D eigenvalue weighted by molar-refractivity contribution is 5.68. The molecule has 0 aromatic heterocycles. The number of aromatic hydroxyl groups is 1. The SMILES string of the molecule is COc1ccc(O)c(C(C)NC(=O)OCc2ccccc2)c1. The van der Waals surface area contributed by atoms with E-state index in [4.69, 9.17) is 9.47 Å². The molecule has 116 valence electrons. The molecule has 2 rings (SSSR count). The van der Waals surface area contributed by atoms with Crippen LogP contribution in [-0.4, -0.2) is 18.3 Å². The molecule has 0 fully saturated rings. The number of hydrogen-bond acceptors (Lipinski definition) is 4. The Bertz CT molecular complexity index is 628. The monoisotopic (exact) mass is 301 g/mol. The number of carbonyl (C=O) groups is 1. The molecule has 5 nitrogen and oxygen atoms in total. The maximum absolute atomic E-state index is 11.8. The summed E-state index contributed by atoms with van der Waals surface area (Å²) in [5.41, 5.74) is 1.48. The summed E-state index contributed by atoms with van der Waals surface area (Å²) in [6, 6.07) is 13.9. The van der Waals surface area contributed by atoms with Crippen molar-refractivity contribution in [1.82, 2.24) is 5.32 Å². The zero-order valence-electron chi connectivity index (χ0n) is 12.6. The van der Waals surface area contributed by atoms with Crippen molar-refractivity contribution in [3.8, 4) is 11.5 Å². The summed E-state index contributed by atoms with van der Waals surface area (Å²) in [5.74, 6) is 0.704. The highest BCUT2D eigenvalue weighted by Gasteiger charge is 2.15. The topological polar surface area (TPSA) is 67.8 Å². The van der Waals surface area contributed by atoms with Gasteiger partial charge in [-0.1, -0.05) is 30.3 Å². The van der Waals surface area contributed by atoms with E-state index in [1.807, 2.05) is 30.3 Å². The summed E-state index contributed by atoms with van der Waals surface area (Å²) in [6.45, 7) is 1.96. The molecule has 0 saturated carbocycles. The number of phenolic OH excluding ortho intramolecular Hbond substituents is 1. The molecule has 0 spiro atoms. The number of ether oxygens (including phenoxy) is 2. The Morgan fingerprint density at radius 3 is 2.64 bits per heavy atom. The van der Waals surface area contributed by atoms with Crippen molar-refractivity contribution < 1.29 is 19.4 Å². The molecule has 1 atom stereocenters. The van der Waals surface area contributed by atoms with Gasteiger partial charge in [-0.2, -0.15) is 0 Å². The van der Waals surface area contributed by atoms with Crippen LogP contribution in [0.3, 0.4) is 0 Å². The van der Waals surface area contributed by atoms with Crippen molar-refractivity contribution in [2.75, 3.05) is 7.11 Å². The Kier molecular flexibility index (Phi) is 5.25. The van der Waals surface area contributed by atoms with Gasteiger partial charge < -0.3 is 19.9 Å². The molecule has 1 amide bonds. The van der Waals surface area contributed by atoms with Crippen molar-refractivity contribution in [3.05, 3.63) is 59.7 Å². The highest BCUT2D eigenvalue weighted by Crippen LogP contribution is 2.28. The van der Waals surface area contributed by atoms with Crippen molar-refractivity contribution in [1.29, 1.82) is 0 Å². The van der Waals surface area contributed by atoms with Gasteiger partial charge in [-0.05, 0) is 30.7 Å². The van der Waals surface area contributed by atoms with E-state index in [-0.39, 0.29) is 12.4 Å². The lowest BCUT2D eigenvalue weighted by molar-refractivity contribution is 0.136. The molecule has 0 aliphatic heterocycles. The average Bonchev–Trinajstić information content (AvgIpc) is 2.54. The molecule has 0 aliphatic carbocycles. The van der Waals surface area contributed by atoms with E-state index in [0.717, 1.165) is 5.56 Å². The van der Waals surface area contributed by atoms with E-state index >= 15 is 0 Å². The van der Waals surface area contributed by atoms with E-state index in [0.29, 0.717) is 11.3 Å². The zero-order chi connectivity index (χ0) is 15.9. The quantitative estimate of drug-likeness (QED) is 0.888. The van der Waals surface area contributed by atoms with Crippen molar-refractivity contribution in [2.45, 2.75) is 19.6 Å². The number of hydrogen-bond donors (Lipinski definition) is 2. The molecule has 0 heterocycles. The largest absolute Gasteiger partial charge is 0.508 e. The first-order valence-corrected chi connectivity index (χ1v) is 6.94. The zero-order valence-corrected chi connectivity index (χ0v) is 12.6. The molecule has 22 heavy (non-hydrogen) atoms. The summed E-state index contributed by atoms with van der Waals surface area (Å²) < 4.78 is 10.3. The minimum atomic E-state index is -0.543. The van der Waals surface area contributed by atoms with E-state index < -0.39 is 12.1 Å². The molecule has 0 aliphatic rings. The Morgan fingerprint density at radius 1 is 1.23 bits per heavy atom. The lowest BCUT2D eigenvalue weighted by atomic mass is 10.1. The Balaban J connectivity index is 1.93. The van der Waals surface area contributed by atoms with Crippen LogP contribution in [0.5, 0.6) is 11.5 Å². The Labute approximate surface area is 129 Å². The predicted molar refractivity (Wildman–Crippen MR) is 82.8 cm³/mol. The fraction of sp³-hybridized carbons (Fsp3) is 0.235. The van der Waals surface area contributed by atoms with Gasteiger partial charge >= 0.3 is 6.09 Å². The lowest BCUT2D eigenvalue weighted by Gasteiger charge is -2.16. The third-order valence-electron chi connectivity index (χ3n) is 3.25. The van der Waals surface area contributed by atoms with Crippen molar-refractivity contribution in [2.24, 2.45) is 0 Å². The summed E-state index contributed by atoms with van der Waals surface area (Å²) in [7, 11) is 1.54. The van der Waals surface area contributed by atoms with E-state index in [9.17, 15) is 9.90 Å². The number of alkyl carbamates (subject to hydrolysis) is 1. The number of rotatable bonds is 5. The van der Waals surface area contributed by atoms with Gasteiger partial charge in [0.05, 0.1) is 13.2 Å². The van der Waals surface area contributed by atoms with E-state index in [2.05, 4.69) is 5.32 Å². The molecule has 2 N–H and O–H groups in total. The van der Waals surface area contributed by atoms with Gasteiger partial charge in [0.25, 0.3) is 0 Å². The van der Waals surface area contributed by atoms with Crippen LogP contribution < -0.4 is 10.1 Å². The number of amides is 1. The molecule has 1 unspecified atom stereocenters. The Hall–Kier alpha value is -2.69. The smallest absolute Gasteiger partial charge is 0.407 e. The first-order chi connectivity index (χ1) is 10.6. The molecular formula is C17H19NO4. The first kappa shape index (κ1) is 15.7. The molecule has 0 radical (unpaired) electrons. The van der Waals surface area contributed by atoms with E-state index in [1.165, 1.54) is 6.07 Å². The molecule has 2 aromatic rings. The van der Waals surface area contributed by atoms with Gasteiger partial charge in [-0.25, -0.2) is 4.79 Å². The van der Waals surface area contributed by atoms with Gasteiger partial charge in [-0.3, -0.25) is 0 Å². The fourth-order valence-electron chi connectivity index (χ4n) is 2.03. The highest BCUT2D eigenvalue weighted by atomic mass is 16.5. The van der Waals surface area contributed by atoms with Crippen molar-refractivity contribution >= 4 is 6.09 Å². The van der Waals surface area contributed by atoms with Crippen LogP contribution in [0.4, 0.5) is 4.79 Å². The van der Waals surface area contributed by atoms with Crippen LogP contribution in [0, 0.1) is 0 Å². The second-order valence-electron chi connectivity index (χ2n) is 4.85. The number of nitrogens with one attached hydrogen (secondary N) is 1. The molecule has 2 aromatic carbocycles. The number of carbonyl (C=O) groups excluding carboxylic acids is 1. The molecule has 5 heteroatoms. The number of methoxy groups -OCH3 is 1.